The lowest BCUT2D eigenvalue weighted by atomic mass is 9.82. The van der Waals surface area contributed by atoms with E-state index in [4.69, 9.17) is 34.2 Å². The van der Waals surface area contributed by atoms with Crippen molar-refractivity contribution in [2.45, 2.75) is 25.7 Å². The number of carbonyl (C=O) groups excluding carboxylic acids is 2. The molecule has 4 aromatic rings. The van der Waals surface area contributed by atoms with Gasteiger partial charge in [0.2, 0.25) is 6.79 Å². The highest BCUT2D eigenvalue weighted by Crippen LogP contribution is 2.42. The average Bonchev–Trinajstić information content (AvgIpc) is 3.93. The number of allylic oxidation sites excluding steroid dienone is 12. The summed E-state index contributed by atoms with van der Waals surface area (Å²) >= 11 is 0. The fraction of sp³-hybridized carbons (Fsp3) is 0.212. The van der Waals surface area contributed by atoms with Crippen LogP contribution in [0.2, 0.25) is 0 Å². The molecule has 0 saturated heterocycles. The maximum Gasteiger partial charge on any atom is 0.231 e. The summed E-state index contributed by atoms with van der Waals surface area (Å²) in [5.41, 5.74) is 19.0. The van der Waals surface area contributed by atoms with Crippen molar-refractivity contribution >= 4 is 40.6 Å². The summed E-state index contributed by atoms with van der Waals surface area (Å²) < 4.78 is 35.0. The first-order valence-electron chi connectivity index (χ1n) is 20.5. The molecule has 2 atom stereocenters. The maximum absolute atomic E-state index is 13.8. The highest BCUT2D eigenvalue weighted by Gasteiger charge is 2.26. The third kappa shape index (κ3) is 8.34. The highest BCUT2D eigenvalue weighted by atomic mass is 16.7. The van der Waals surface area contributed by atoms with Crippen LogP contribution in [-0.4, -0.2) is 45.8 Å². The first-order chi connectivity index (χ1) is 29.8. The number of carbonyl (C=O) groups is 2. The number of nitrogens with two attached hydrogens (primary N) is 1. The quantitative estimate of drug-likeness (QED) is 0.0949. The van der Waals surface area contributed by atoms with Crippen LogP contribution in [0, 0.1) is 11.8 Å². The molecular formula is C52H45NO8. The summed E-state index contributed by atoms with van der Waals surface area (Å²) in [7, 11) is 3.13. The van der Waals surface area contributed by atoms with Gasteiger partial charge >= 0.3 is 0 Å². The average molecular weight is 812 g/mol. The number of methoxy groups -OCH3 is 2. The predicted molar refractivity (Wildman–Crippen MR) is 237 cm³/mol. The van der Waals surface area contributed by atoms with Crippen LogP contribution in [0.15, 0.2) is 132 Å². The Hall–Kier alpha value is -7.22. The summed E-state index contributed by atoms with van der Waals surface area (Å²) in [6.45, 7) is 0.875. The molecule has 2 N–H and O–H groups in total. The first kappa shape index (κ1) is 39.3. The van der Waals surface area contributed by atoms with E-state index in [0.717, 1.165) is 63.4 Å². The molecule has 0 amide bonds. The van der Waals surface area contributed by atoms with Gasteiger partial charge in [-0.3, -0.25) is 9.59 Å². The Morgan fingerprint density at radius 2 is 1.44 bits per heavy atom. The summed E-state index contributed by atoms with van der Waals surface area (Å²) in [6.07, 6.45) is 22.3. The van der Waals surface area contributed by atoms with Crippen LogP contribution in [0.3, 0.4) is 0 Å². The molecule has 0 saturated carbocycles. The van der Waals surface area contributed by atoms with Gasteiger partial charge in [0.1, 0.15) is 0 Å². The van der Waals surface area contributed by atoms with Crippen molar-refractivity contribution in [3.8, 4) is 34.5 Å². The molecule has 1 heterocycles. The Morgan fingerprint density at radius 3 is 2.23 bits per heavy atom. The van der Waals surface area contributed by atoms with Crippen molar-refractivity contribution in [1.82, 2.24) is 0 Å². The Labute approximate surface area is 355 Å². The molecule has 4 aliphatic carbocycles. The minimum atomic E-state index is -0.102. The molecule has 0 spiro atoms. The Morgan fingerprint density at radius 1 is 0.721 bits per heavy atom. The van der Waals surface area contributed by atoms with Gasteiger partial charge in [0.05, 0.1) is 27.4 Å². The normalized spacial score (nSPS) is 20.4. The minimum Gasteiger partial charge on any atom is -0.493 e. The van der Waals surface area contributed by atoms with Crippen LogP contribution in [0.25, 0.3) is 23.3 Å². The van der Waals surface area contributed by atoms with Crippen LogP contribution in [0.1, 0.15) is 68.7 Å². The van der Waals surface area contributed by atoms with Crippen LogP contribution in [-0.2, 0) is 0 Å². The summed E-state index contributed by atoms with van der Waals surface area (Å²) in [6, 6.07) is 21.0. The van der Waals surface area contributed by atoms with E-state index in [0.29, 0.717) is 59.3 Å². The topological polar surface area (TPSA) is 116 Å². The maximum atomic E-state index is 13.8. The number of anilines is 1. The van der Waals surface area contributed by atoms with Crippen molar-refractivity contribution in [2.24, 2.45) is 11.8 Å². The number of Topliss-reactive ketones (excluding diaryl/α,β-unsaturated/α-hetero) is 1. The van der Waals surface area contributed by atoms with E-state index < -0.39 is 0 Å². The number of rotatable bonds is 10. The van der Waals surface area contributed by atoms with Crippen molar-refractivity contribution in [3.05, 3.63) is 166 Å². The molecule has 306 valence electrons. The fourth-order valence-corrected chi connectivity index (χ4v) is 8.33. The number of ketones is 2. The van der Waals surface area contributed by atoms with E-state index in [1.165, 1.54) is 5.57 Å². The van der Waals surface area contributed by atoms with E-state index in [1.807, 2.05) is 85.0 Å². The summed E-state index contributed by atoms with van der Waals surface area (Å²) in [5.74, 6) is 3.49. The van der Waals surface area contributed by atoms with Crippen LogP contribution >= 0.6 is 0 Å². The fourth-order valence-electron chi connectivity index (χ4n) is 8.33. The molecule has 9 rings (SSSR count). The van der Waals surface area contributed by atoms with Gasteiger partial charge in [0, 0.05) is 41.5 Å². The predicted octanol–water partition coefficient (Wildman–Crippen LogP) is 10.4. The molecule has 1 aliphatic heterocycles. The lowest BCUT2D eigenvalue weighted by Crippen LogP contribution is -2.12. The van der Waals surface area contributed by atoms with Gasteiger partial charge in [-0.25, -0.2) is 0 Å². The number of benzene rings is 4. The van der Waals surface area contributed by atoms with Crippen LogP contribution in [0.4, 0.5) is 5.69 Å². The Kier molecular flexibility index (Phi) is 11.0. The molecule has 61 heavy (non-hydrogen) atoms. The first-order valence-corrected chi connectivity index (χ1v) is 20.5. The van der Waals surface area contributed by atoms with Gasteiger partial charge < -0.3 is 34.2 Å². The molecule has 9 heteroatoms. The molecule has 0 aromatic heterocycles. The molecule has 4 aromatic carbocycles. The summed E-state index contributed by atoms with van der Waals surface area (Å²) in [4.78, 5) is 27.6. The van der Waals surface area contributed by atoms with E-state index >= 15 is 0 Å². The Balaban J connectivity index is 0.862. The zero-order valence-corrected chi connectivity index (χ0v) is 34.1. The van der Waals surface area contributed by atoms with E-state index in [-0.39, 0.29) is 36.6 Å². The zero-order chi connectivity index (χ0) is 41.9. The van der Waals surface area contributed by atoms with E-state index in [1.54, 1.807) is 32.4 Å². The summed E-state index contributed by atoms with van der Waals surface area (Å²) in [5, 5.41) is 0. The molecule has 5 aliphatic rings. The van der Waals surface area contributed by atoms with Gasteiger partial charge in [-0.1, -0.05) is 66.3 Å². The van der Waals surface area contributed by atoms with Crippen molar-refractivity contribution in [1.29, 1.82) is 0 Å². The second-order valence-corrected chi connectivity index (χ2v) is 15.5. The van der Waals surface area contributed by atoms with Crippen LogP contribution < -0.4 is 34.2 Å². The molecule has 0 radical (unpaired) electrons. The minimum absolute atomic E-state index is 0.00145. The van der Waals surface area contributed by atoms with E-state index in [2.05, 4.69) is 30.0 Å². The second kappa shape index (κ2) is 17.2. The van der Waals surface area contributed by atoms with Gasteiger partial charge in [0.15, 0.2) is 46.1 Å². The van der Waals surface area contributed by atoms with Crippen molar-refractivity contribution in [2.75, 3.05) is 40.0 Å². The number of hydrogen-bond donors (Lipinski definition) is 1. The molecular weight excluding hydrogens is 767 g/mol. The number of hydrogen-bond acceptors (Lipinski definition) is 9. The zero-order valence-electron chi connectivity index (χ0n) is 34.1. The van der Waals surface area contributed by atoms with Crippen LogP contribution in [0.5, 0.6) is 34.5 Å². The third-order valence-electron chi connectivity index (χ3n) is 11.6. The van der Waals surface area contributed by atoms with Crippen molar-refractivity contribution in [3.63, 3.8) is 0 Å². The lowest BCUT2D eigenvalue weighted by molar-refractivity contribution is 0.0989. The molecule has 9 nitrogen and oxygen atoms in total. The number of fused-ring (bicyclic) bond motifs is 5. The van der Waals surface area contributed by atoms with Gasteiger partial charge in [0.25, 0.3) is 0 Å². The van der Waals surface area contributed by atoms with Gasteiger partial charge in [-0.15, -0.1) is 5.73 Å². The molecule has 0 fully saturated rings. The second-order valence-electron chi connectivity index (χ2n) is 15.5. The molecule has 0 bridgehead atoms. The monoisotopic (exact) mass is 811 g/mol. The smallest absolute Gasteiger partial charge is 0.231 e. The number of ether oxygens (including phenoxy) is 6. The third-order valence-corrected chi connectivity index (χ3v) is 11.6. The van der Waals surface area contributed by atoms with Crippen molar-refractivity contribution < 1.29 is 38.0 Å². The lowest BCUT2D eigenvalue weighted by Gasteiger charge is -2.22. The van der Waals surface area contributed by atoms with E-state index in [9.17, 15) is 9.59 Å². The molecule has 0 unspecified atom stereocenters. The highest BCUT2D eigenvalue weighted by molar-refractivity contribution is 6.08. The number of nitrogen functional groups attached to an aromatic ring is 1. The largest absolute Gasteiger partial charge is 0.493 e. The van der Waals surface area contributed by atoms with Gasteiger partial charge in [-0.2, -0.15) is 0 Å². The van der Waals surface area contributed by atoms with Gasteiger partial charge in [-0.05, 0) is 119 Å². The Bertz CT molecular complexity index is 2690. The standard InChI is InChI=1S/C52H45NO8/c1-56-48-29-43-38(8-4-3-7-34-22-40(23-41(34)25-46(43)55)32-13-16-42(53)17-14-32)27-51(48)58-19-6-20-59-52-28-39-10-5-9-33-21-35(37-15-18-47-50(26-37)61-31-60-47)11-12-36(33)24-45(54)44(39)30-49(52)57-2/h3-4,7-18,23,25-30,33-34H,6,19-22,24,31,53H2,1-2H3/b7-3+,8-4+,41-25-/t5?,33-,34-/m1/s1. The SMILES string of the molecule is COc1cc2c(cc1OCCCOc1cc3c(cc1OC)C(=O)/C=C1/C=C(c4ccc(N)cc4)C[C@H]1/C=C/C=C/3)C=C=C[C@@H]1CC(c3ccc4c(c3)OCO4)=CC=C1CC2=O.